The van der Waals surface area contributed by atoms with E-state index in [0.717, 1.165) is 43.1 Å². The van der Waals surface area contributed by atoms with Crippen LogP contribution in [0.2, 0.25) is 0 Å². The molecule has 16 heteroatoms. The second-order valence-electron chi connectivity index (χ2n) is 12.9. The lowest BCUT2D eigenvalue weighted by Crippen LogP contribution is -2.60. The summed E-state index contributed by atoms with van der Waals surface area (Å²) in [6.07, 6.45) is 1.39. The number of ether oxygens (including phenoxy) is 3. The van der Waals surface area contributed by atoms with Crippen LogP contribution in [0.3, 0.4) is 0 Å². The third-order valence-corrected chi connectivity index (χ3v) is 9.07. The van der Waals surface area contributed by atoms with Crippen molar-refractivity contribution in [2.24, 2.45) is 11.8 Å². The van der Waals surface area contributed by atoms with Crippen molar-refractivity contribution in [3.63, 3.8) is 0 Å². The minimum absolute atomic E-state index is 0.139. The summed E-state index contributed by atoms with van der Waals surface area (Å²) in [6, 6.07) is 10.9. The second-order valence-corrected chi connectivity index (χ2v) is 14.8. The minimum Gasteiger partial charge on any atom is -0.469 e. The fourth-order valence-electron chi connectivity index (χ4n) is 5.62. The van der Waals surface area contributed by atoms with Crippen molar-refractivity contribution in [3.8, 4) is 0 Å². The second kappa shape index (κ2) is 19.4. The molecule has 1 unspecified atom stereocenters. The van der Waals surface area contributed by atoms with Gasteiger partial charge in [0.15, 0.2) is 9.84 Å². The van der Waals surface area contributed by atoms with Gasteiger partial charge in [-0.25, -0.2) is 18.0 Å². The Hall–Kier alpha value is -5.51. The predicted octanol–water partition coefficient (Wildman–Crippen LogP) is 1.66. The molecule has 0 spiro atoms. The first-order chi connectivity index (χ1) is 25.0. The zero-order valence-corrected chi connectivity index (χ0v) is 31.1. The maximum atomic E-state index is 14.2. The summed E-state index contributed by atoms with van der Waals surface area (Å²) in [7, 11) is -1.40. The molecule has 15 nitrogen and oxygen atoms in total. The van der Waals surface area contributed by atoms with Gasteiger partial charge in [-0.2, -0.15) is 0 Å². The molecule has 0 radical (unpaired) electrons. The van der Waals surface area contributed by atoms with Crippen LogP contribution in [0.15, 0.2) is 78.2 Å². The highest BCUT2D eigenvalue weighted by atomic mass is 32.2. The topological polar surface area (TPSA) is 212 Å². The van der Waals surface area contributed by atoms with Crippen LogP contribution in [0, 0.1) is 11.8 Å². The molecule has 0 heterocycles. The van der Waals surface area contributed by atoms with Gasteiger partial charge in [0.2, 0.25) is 17.7 Å². The lowest BCUT2D eigenvalue weighted by molar-refractivity contribution is -0.141. The largest absolute Gasteiger partial charge is 0.469 e. The van der Waals surface area contributed by atoms with E-state index < -0.39 is 93.6 Å². The molecule has 4 atom stereocenters. The number of hydrogen-bond donors (Lipinski definition) is 4. The van der Waals surface area contributed by atoms with Gasteiger partial charge in [0.25, 0.3) is 0 Å². The Morgan fingerprint density at radius 1 is 0.830 bits per heavy atom. The molecule has 286 valence electrons. The van der Waals surface area contributed by atoms with E-state index in [1.165, 1.54) is 0 Å². The number of hydrogen-bond acceptors (Lipinski definition) is 11. The molecule has 0 aliphatic heterocycles. The van der Waals surface area contributed by atoms with Crippen LogP contribution in [0.1, 0.15) is 37.0 Å². The highest BCUT2D eigenvalue weighted by Crippen LogP contribution is 2.29. The number of alkyl carbamates (subject to hydrolysis) is 1. The molecule has 1 aliphatic carbocycles. The normalized spacial score (nSPS) is 14.9. The van der Waals surface area contributed by atoms with E-state index in [2.05, 4.69) is 32.6 Å². The van der Waals surface area contributed by atoms with E-state index in [9.17, 15) is 37.2 Å². The molecule has 0 bridgehead atoms. The summed E-state index contributed by atoms with van der Waals surface area (Å²) in [4.78, 5) is 79.1. The fraction of sp³-hybridized carbons (Fsp3) is 0.405. The van der Waals surface area contributed by atoms with Crippen LogP contribution < -0.4 is 21.3 Å². The van der Waals surface area contributed by atoms with Crippen LogP contribution in [0.25, 0.3) is 0 Å². The lowest BCUT2D eigenvalue weighted by atomic mass is 9.93. The summed E-state index contributed by atoms with van der Waals surface area (Å²) in [5, 5.41) is 11.1. The summed E-state index contributed by atoms with van der Waals surface area (Å²) < 4.78 is 38.2. The van der Waals surface area contributed by atoms with Crippen LogP contribution in [0.5, 0.6) is 0 Å². The van der Waals surface area contributed by atoms with E-state index in [4.69, 9.17) is 9.47 Å². The van der Waals surface area contributed by atoms with E-state index in [1.54, 1.807) is 44.2 Å². The minimum atomic E-state index is -3.62. The highest BCUT2D eigenvalue weighted by Gasteiger charge is 2.39. The average molecular weight is 755 g/mol. The number of methoxy groups -OCH3 is 2. The molecule has 1 aliphatic rings. The van der Waals surface area contributed by atoms with E-state index in [1.807, 2.05) is 24.3 Å². The van der Waals surface area contributed by atoms with E-state index in [0.29, 0.717) is 18.4 Å². The monoisotopic (exact) mass is 754 g/mol. The maximum absolute atomic E-state index is 14.2. The fourth-order valence-corrected chi connectivity index (χ4v) is 6.10. The number of amides is 4. The quantitative estimate of drug-likeness (QED) is 0.104. The molecular weight excluding hydrogens is 708 g/mol. The first-order valence-electron chi connectivity index (χ1n) is 16.7. The first-order valence-corrected chi connectivity index (χ1v) is 18.7. The number of esters is 2. The molecule has 0 saturated heterocycles. The van der Waals surface area contributed by atoms with Crippen molar-refractivity contribution >= 4 is 45.6 Å². The smallest absolute Gasteiger partial charge is 0.408 e. The number of fused-ring (bicyclic) bond motifs is 1. The molecule has 0 aromatic heterocycles. The number of benzene rings is 2. The van der Waals surface area contributed by atoms with Crippen LogP contribution >= 0.6 is 0 Å². The van der Waals surface area contributed by atoms with Crippen molar-refractivity contribution in [1.29, 1.82) is 0 Å². The molecular formula is C37H46N4O11S. The highest BCUT2D eigenvalue weighted by molar-refractivity contribution is 7.93. The molecule has 3 rings (SSSR count). The Kier molecular flexibility index (Phi) is 15.3. The lowest BCUT2D eigenvalue weighted by Gasteiger charge is -2.30. The van der Waals surface area contributed by atoms with Gasteiger partial charge in [0.1, 0.15) is 24.7 Å². The molecule has 2 aromatic rings. The van der Waals surface area contributed by atoms with Crippen LogP contribution in [-0.2, 0) is 67.5 Å². The molecule has 0 saturated carbocycles. The van der Waals surface area contributed by atoms with Gasteiger partial charge in [-0.3, -0.25) is 19.2 Å². The van der Waals surface area contributed by atoms with Gasteiger partial charge in [-0.1, -0.05) is 81.1 Å². The van der Waals surface area contributed by atoms with Crippen molar-refractivity contribution in [2.45, 2.75) is 63.9 Å². The number of sulfone groups is 1. The molecule has 0 fully saturated rings. The maximum Gasteiger partial charge on any atom is 0.408 e. The zero-order chi connectivity index (χ0) is 39.3. The molecule has 2 aromatic carbocycles. The van der Waals surface area contributed by atoms with Crippen molar-refractivity contribution in [1.82, 2.24) is 21.3 Å². The van der Waals surface area contributed by atoms with Crippen molar-refractivity contribution < 1.29 is 51.4 Å². The third-order valence-electron chi connectivity index (χ3n) is 8.41. The summed E-state index contributed by atoms with van der Waals surface area (Å²) >= 11 is 0. The van der Waals surface area contributed by atoms with E-state index >= 15 is 0 Å². The van der Waals surface area contributed by atoms with Gasteiger partial charge in [-0.15, -0.1) is 0 Å². The Labute approximate surface area is 308 Å². The van der Waals surface area contributed by atoms with Gasteiger partial charge in [0.05, 0.1) is 32.3 Å². The van der Waals surface area contributed by atoms with E-state index in [-0.39, 0.29) is 6.61 Å². The number of carbonyl (C=O) groups is 6. The zero-order valence-electron chi connectivity index (χ0n) is 30.2. The SMILES string of the molecule is C=C(C(=O)OC)[C@H](NC(=O)OCc1ccccc1)C(=O)N[C@H](C(=O)NC(C(=O)N[C@H](/C=C/S(C)(=O)=O)CC(=O)OC)C(C)C)C1Cc2ccccc2C1. The third kappa shape index (κ3) is 12.9. The standard InChI is InChI=1S/C37H46N4O11S/c1-22(2)30(33(43)38-28(20-29(42)50-4)16-17-53(6,48)49)39-35(45)32(27-18-25-14-10-11-15-26(25)19-27)40-34(44)31(23(3)36(46)51-5)41-37(47)52-21-24-12-8-7-9-13-24/h7-17,22,27-28,30-32H,3,18-21H2,1-2,4-6H3,(H,38,43)(H,39,45)(H,40,44)(H,41,47)/b17-16+/t28-,30?,31+,32+/m1/s1. The Morgan fingerprint density at radius 3 is 1.98 bits per heavy atom. The Morgan fingerprint density at radius 2 is 1.43 bits per heavy atom. The number of rotatable bonds is 17. The Bertz CT molecular complexity index is 1790. The van der Waals surface area contributed by atoms with Crippen LogP contribution in [-0.4, -0.2) is 88.8 Å². The summed E-state index contributed by atoms with van der Waals surface area (Å²) in [5.41, 5.74) is 2.13. The number of nitrogens with one attached hydrogen (secondary N) is 4. The van der Waals surface area contributed by atoms with Crippen molar-refractivity contribution in [3.05, 3.63) is 94.9 Å². The van der Waals surface area contributed by atoms with Gasteiger partial charge < -0.3 is 35.5 Å². The number of carbonyl (C=O) groups excluding carboxylic acids is 6. The molecule has 4 amide bonds. The van der Waals surface area contributed by atoms with Gasteiger partial charge in [-0.05, 0) is 41.4 Å². The van der Waals surface area contributed by atoms with Gasteiger partial charge >= 0.3 is 18.0 Å². The molecule has 53 heavy (non-hydrogen) atoms. The summed E-state index contributed by atoms with van der Waals surface area (Å²) in [6.45, 7) is 6.82. The summed E-state index contributed by atoms with van der Waals surface area (Å²) in [5.74, 6) is -5.22. The predicted molar refractivity (Wildman–Crippen MR) is 193 cm³/mol. The van der Waals surface area contributed by atoms with Crippen LogP contribution in [0.4, 0.5) is 4.79 Å². The first kappa shape index (κ1) is 41.9. The average Bonchev–Trinajstić information content (AvgIpc) is 3.56. The molecule has 4 N–H and O–H groups in total. The van der Waals surface area contributed by atoms with Gasteiger partial charge in [0, 0.05) is 11.7 Å². The van der Waals surface area contributed by atoms with Crippen molar-refractivity contribution in [2.75, 3.05) is 20.5 Å². The Balaban J connectivity index is 1.89.